The lowest BCUT2D eigenvalue weighted by Gasteiger charge is -2.23. The van der Waals surface area contributed by atoms with Gasteiger partial charge >= 0.3 is 6.36 Å². The first kappa shape index (κ1) is 17.1. The number of hydrogen-bond donors (Lipinski definition) is 2. The largest absolute Gasteiger partial charge is 0.573 e. The van der Waals surface area contributed by atoms with Gasteiger partial charge in [-0.25, -0.2) is 0 Å². The number of rotatable bonds is 5. The molecule has 1 saturated heterocycles. The summed E-state index contributed by atoms with van der Waals surface area (Å²) in [5.41, 5.74) is 1.07. The molecule has 0 radical (unpaired) electrons. The number of ether oxygens (including phenoxy) is 1. The van der Waals surface area contributed by atoms with Crippen LogP contribution >= 0.6 is 0 Å². The molecule has 2 aliphatic rings. The maximum absolute atomic E-state index is 12.2. The van der Waals surface area contributed by atoms with Gasteiger partial charge in [0.05, 0.1) is 0 Å². The molecule has 1 aromatic rings. The summed E-state index contributed by atoms with van der Waals surface area (Å²) in [6, 6.07) is 5.74. The molecule has 2 fully saturated rings. The van der Waals surface area contributed by atoms with Gasteiger partial charge in [0.25, 0.3) is 0 Å². The van der Waals surface area contributed by atoms with Gasteiger partial charge in [-0.1, -0.05) is 12.1 Å². The van der Waals surface area contributed by atoms with Gasteiger partial charge in [0.1, 0.15) is 5.75 Å². The lowest BCUT2D eigenvalue weighted by molar-refractivity contribution is -0.274. The second-order valence-electron chi connectivity index (χ2n) is 6.60. The van der Waals surface area contributed by atoms with Crippen molar-refractivity contribution in [3.05, 3.63) is 29.8 Å². The smallest absolute Gasteiger partial charge is 0.406 e. The molecule has 1 spiro atoms. The Hall–Kier alpha value is -1.76. The molecule has 1 aliphatic heterocycles. The zero-order valence-electron chi connectivity index (χ0n) is 13.3. The van der Waals surface area contributed by atoms with Crippen LogP contribution in [0.4, 0.5) is 13.2 Å². The van der Waals surface area contributed by atoms with Crippen molar-refractivity contribution < 1.29 is 22.7 Å². The Balaban J connectivity index is 1.41. The van der Waals surface area contributed by atoms with E-state index in [1.165, 1.54) is 12.1 Å². The second kappa shape index (κ2) is 6.63. The van der Waals surface area contributed by atoms with E-state index in [1.807, 2.05) is 0 Å². The van der Waals surface area contributed by atoms with Crippen molar-refractivity contribution in [3.63, 3.8) is 0 Å². The number of hydrogen-bond acceptors (Lipinski definition) is 3. The van der Waals surface area contributed by atoms with Gasteiger partial charge in [0, 0.05) is 12.5 Å². The van der Waals surface area contributed by atoms with Gasteiger partial charge in [0.2, 0.25) is 5.91 Å². The number of carbonyl (C=O) groups is 1. The number of benzene rings is 1. The van der Waals surface area contributed by atoms with Crippen molar-refractivity contribution in [2.75, 3.05) is 19.6 Å². The molecule has 1 aromatic carbocycles. The zero-order valence-corrected chi connectivity index (χ0v) is 13.3. The summed E-state index contributed by atoms with van der Waals surface area (Å²) >= 11 is 0. The molecule has 3 rings (SSSR count). The molecular weight excluding hydrogens is 321 g/mol. The van der Waals surface area contributed by atoms with Crippen molar-refractivity contribution in [3.8, 4) is 5.75 Å². The van der Waals surface area contributed by atoms with Gasteiger partial charge in [-0.2, -0.15) is 0 Å². The maximum Gasteiger partial charge on any atom is 0.573 e. The molecule has 1 heterocycles. The number of piperidine rings is 1. The first-order valence-corrected chi connectivity index (χ1v) is 8.21. The zero-order chi connectivity index (χ0) is 17.2. The molecule has 132 valence electrons. The van der Waals surface area contributed by atoms with E-state index in [9.17, 15) is 18.0 Å². The summed E-state index contributed by atoms with van der Waals surface area (Å²) < 4.78 is 40.1. The van der Waals surface area contributed by atoms with Crippen LogP contribution < -0.4 is 15.4 Å². The third-order valence-corrected chi connectivity index (χ3v) is 4.98. The fourth-order valence-electron chi connectivity index (χ4n) is 3.51. The molecule has 1 saturated carbocycles. The number of carbonyl (C=O) groups excluding carboxylic acids is 1. The number of halogens is 3. The number of amides is 1. The Labute approximate surface area is 138 Å². The fourth-order valence-corrected chi connectivity index (χ4v) is 3.51. The minimum Gasteiger partial charge on any atom is -0.406 e. The third-order valence-electron chi connectivity index (χ3n) is 4.98. The molecule has 1 atom stereocenters. The average molecular weight is 342 g/mol. The molecule has 0 aromatic heterocycles. The summed E-state index contributed by atoms with van der Waals surface area (Å²) in [6.07, 6.45) is -0.995. The van der Waals surface area contributed by atoms with Crippen LogP contribution in [0, 0.1) is 11.3 Å². The summed E-state index contributed by atoms with van der Waals surface area (Å²) in [6.45, 7) is 2.45. The van der Waals surface area contributed by atoms with Crippen LogP contribution in [-0.4, -0.2) is 31.9 Å². The van der Waals surface area contributed by atoms with Crippen LogP contribution in [0.15, 0.2) is 24.3 Å². The van der Waals surface area contributed by atoms with Crippen LogP contribution in [0.25, 0.3) is 0 Å². The van der Waals surface area contributed by atoms with E-state index in [0.29, 0.717) is 13.0 Å². The molecule has 7 heteroatoms. The van der Waals surface area contributed by atoms with E-state index in [1.54, 1.807) is 12.1 Å². The highest BCUT2D eigenvalue weighted by molar-refractivity contribution is 5.82. The average Bonchev–Trinajstić information content (AvgIpc) is 3.21. The summed E-state index contributed by atoms with van der Waals surface area (Å²) in [4.78, 5) is 12.2. The molecule has 2 N–H and O–H groups in total. The summed E-state index contributed by atoms with van der Waals surface area (Å²) in [7, 11) is 0. The monoisotopic (exact) mass is 342 g/mol. The maximum atomic E-state index is 12.2. The molecule has 24 heavy (non-hydrogen) atoms. The van der Waals surface area contributed by atoms with Gasteiger partial charge in [-0.3, -0.25) is 4.79 Å². The molecular formula is C17H21F3N2O2. The van der Waals surface area contributed by atoms with Gasteiger partial charge in [-0.15, -0.1) is 13.2 Å². The standard InChI is InChI=1S/C17H21F3N2O2/c18-17(19,20)24-13-3-1-12(2-4-13)5-8-22-15(23)14-11-16(14)6-9-21-10-7-16/h1-4,14,21H,5-11H2,(H,22,23). The first-order valence-electron chi connectivity index (χ1n) is 8.21. The van der Waals surface area contributed by atoms with E-state index in [-0.39, 0.29) is 23.0 Å². The molecule has 1 unspecified atom stereocenters. The quantitative estimate of drug-likeness (QED) is 0.865. The van der Waals surface area contributed by atoms with E-state index < -0.39 is 6.36 Å². The number of nitrogens with one attached hydrogen (secondary N) is 2. The Morgan fingerprint density at radius 2 is 1.92 bits per heavy atom. The Morgan fingerprint density at radius 1 is 1.25 bits per heavy atom. The molecule has 1 aliphatic carbocycles. The van der Waals surface area contributed by atoms with Crippen molar-refractivity contribution in [1.82, 2.24) is 10.6 Å². The summed E-state index contributed by atoms with van der Waals surface area (Å²) in [5.74, 6) is -0.00259. The highest BCUT2D eigenvalue weighted by atomic mass is 19.4. The first-order chi connectivity index (χ1) is 11.4. The van der Waals surface area contributed by atoms with Crippen LogP contribution in [-0.2, 0) is 11.2 Å². The van der Waals surface area contributed by atoms with Crippen LogP contribution in [0.1, 0.15) is 24.8 Å². The highest BCUT2D eigenvalue weighted by Gasteiger charge is 2.57. The normalized spacial score (nSPS) is 22.2. The number of alkyl halides is 3. The molecule has 0 bridgehead atoms. The Kier molecular flexibility index (Phi) is 4.71. The van der Waals surface area contributed by atoms with E-state index in [0.717, 1.165) is 37.9 Å². The third kappa shape index (κ3) is 4.20. The minimum absolute atomic E-state index is 0.105. The second-order valence-corrected chi connectivity index (χ2v) is 6.60. The molecule has 4 nitrogen and oxygen atoms in total. The predicted octanol–water partition coefficient (Wildman–Crippen LogP) is 2.63. The topological polar surface area (TPSA) is 50.4 Å². The van der Waals surface area contributed by atoms with Crippen molar-refractivity contribution in [2.45, 2.75) is 32.0 Å². The van der Waals surface area contributed by atoms with Crippen molar-refractivity contribution in [1.29, 1.82) is 0 Å². The molecule has 1 amide bonds. The lowest BCUT2D eigenvalue weighted by atomic mass is 9.92. The minimum atomic E-state index is -4.68. The predicted molar refractivity (Wildman–Crippen MR) is 82.5 cm³/mol. The Bertz CT molecular complexity index is 580. The van der Waals surface area contributed by atoms with Gasteiger partial charge < -0.3 is 15.4 Å². The van der Waals surface area contributed by atoms with E-state index in [2.05, 4.69) is 15.4 Å². The summed E-state index contributed by atoms with van der Waals surface area (Å²) in [5, 5.41) is 6.26. The van der Waals surface area contributed by atoms with Crippen LogP contribution in [0.5, 0.6) is 5.75 Å². The van der Waals surface area contributed by atoms with Gasteiger partial charge in [0.15, 0.2) is 0 Å². The van der Waals surface area contributed by atoms with Crippen LogP contribution in [0.2, 0.25) is 0 Å². The highest BCUT2D eigenvalue weighted by Crippen LogP contribution is 2.58. The Morgan fingerprint density at radius 3 is 2.54 bits per heavy atom. The van der Waals surface area contributed by atoms with Gasteiger partial charge in [-0.05, 0) is 61.9 Å². The van der Waals surface area contributed by atoms with E-state index in [4.69, 9.17) is 0 Å². The SMILES string of the molecule is O=C(NCCc1ccc(OC(F)(F)F)cc1)C1CC12CCNCC2. The van der Waals surface area contributed by atoms with E-state index >= 15 is 0 Å². The van der Waals surface area contributed by atoms with Crippen LogP contribution in [0.3, 0.4) is 0 Å². The van der Waals surface area contributed by atoms with Crippen molar-refractivity contribution >= 4 is 5.91 Å². The lowest BCUT2D eigenvalue weighted by Crippen LogP contribution is -2.34. The fraction of sp³-hybridized carbons (Fsp3) is 0.588. The van der Waals surface area contributed by atoms with Crippen molar-refractivity contribution in [2.24, 2.45) is 11.3 Å².